The standard InChI is InChI=1S/C21H30N2O/c1-4-7-17(12-13-22)16-23(14-5-2)19-11-10-18-8-6-9-21(24-3)20(18)15-19/h4,6-9,12-13,19H,1,5,10-11,14-16,22H2,2-3H3/b13-12-,17-7+/t19-/m1/s1. The van der Waals surface area contributed by atoms with Gasteiger partial charge in [0, 0.05) is 12.6 Å². The molecule has 1 atom stereocenters. The smallest absolute Gasteiger partial charge is 0.122 e. The lowest BCUT2D eigenvalue weighted by Gasteiger charge is -2.36. The highest BCUT2D eigenvalue weighted by Crippen LogP contribution is 2.31. The fourth-order valence-corrected chi connectivity index (χ4v) is 3.59. The number of methoxy groups -OCH3 is 1. The van der Waals surface area contributed by atoms with Crippen molar-refractivity contribution in [3.63, 3.8) is 0 Å². The fraction of sp³-hybridized carbons (Fsp3) is 0.429. The Morgan fingerprint density at radius 3 is 2.96 bits per heavy atom. The molecule has 0 radical (unpaired) electrons. The molecule has 1 aliphatic carbocycles. The van der Waals surface area contributed by atoms with E-state index in [1.165, 1.54) is 23.1 Å². The van der Waals surface area contributed by atoms with Crippen molar-refractivity contribution in [3.05, 3.63) is 65.9 Å². The summed E-state index contributed by atoms with van der Waals surface area (Å²) in [4.78, 5) is 2.57. The molecule has 1 aromatic carbocycles. The zero-order valence-corrected chi connectivity index (χ0v) is 15.0. The monoisotopic (exact) mass is 326 g/mol. The molecule has 0 fully saturated rings. The normalized spacial score (nSPS) is 18.0. The van der Waals surface area contributed by atoms with E-state index in [0.29, 0.717) is 6.04 Å². The summed E-state index contributed by atoms with van der Waals surface area (Å²) < 4.78 is 5.59. The second-order valence-electron chi connectivity index (χ2n) is 6.30. The van der Waals surface area contributed by atoms with Crippen molar-refractivity contribution < 1.29 is 4.74 Å². The molecule has 1 aromatic rings. The van der Waals surface area contributed by atoms with E-state index < -0.39 is 0 Å². The van der Waals surface area contributed by atoms with Gasteiger partial charge >= 0.3 is 0 Å². The van der Waals surface area contributed by atoms with Gasteiger partial charge in [-0.3, -0.25) is 4.90 Å². The second kappa shape index (κ2) is 9.33. The Labute approximate surface area is 146 Å². The second-order valence-corrected chi connectivity index (χ2v) is 6.30. The fourth-order valence-electron chi connectivity index (χ4n) is 3.59. The molecule has 0 bridgehead atoms. The molecular formula is C21H30N2O. The number of hydrogen-bond donors (Lipinski definition) is 1. The summed E-state index contributed by atoms with van der Waals surface area (Å²) in [7, 11) is 1.76. The highest BCUT2D eigenvalue weighted by molar-refractivity contribution is 5.42. The van der Waals surface area contributed by atoms with Crippen LogP contribution >= 0.6 is 0 Å². The number of benzene rings is 1. The molecule has 2 rings (SSSR count). The predicted octanol–water partition coefficient (Wildman–Crippen LogP) is 3.85. The first-order chi connectivity index (χ1) is 11.7. The number of rotatable bonds is 8. The van der Waals surface area contributed by atoms with Crippen molar-refractivity contribution in [1.29, 1.82) is 0 Å². The van der Waals surface area contributed by atoms with E-state index in [1.807, 2.05) is 18.2 Å². The van der Waals surface area contributed by atoms with Gasteiger partial charge in [0.2, 0.25) is 0 Å². The Bertz CT molecular complexity index is 590. The summed E-state index contributed by atoms with van der Waals surface area (Å²) in [6.45, 7) is 8.04. The first kappa shape index (κ1) is 18.3. The number of aryl methyl sites for hydroxylation is 1. The van der Waals surface area contributed by atoms with E-state index in [-0.39, 0.29) is 0 Å². The van der Waals surface area contributed by atoms with Crippen LogP contribution in [0.5, 0.6) is 5.75 Å². The molecule has 0 heterocycles. The molecular weight excluding hydrogens is 296 g/mol. The van der Waals surface area contributed by atoms with E-state index in [2.05, 4.69) is 36.6 Å². The number of ether oxygens (including phenoxy) is 1. The van der Waals surface area contributed by atoms with E-state index in [9.17, 15) is 0 Å². The van der Waals surface area contributed by atoms with Gasteiger partial charge in [0.1, 0.15) is 5.75 Å². The molecule has 0 spiro atoms. The minimum absolute atomic E-state index is 0.535. The summed E-state index contributed by atoms with van der Waals surface area (Å²) in [5, 5.41) is 0. The topological polar surface area (TPSA) is 38.5 Å². The van der Waals surface area contributed by atoms with Crippen LogP contribution in [0.4, 0.5) is 0 Å². The molecule has 130 valence electrons. The van der Waals surface area contributed by atoms with Gasteiger partial charge in [-0.1, -0.05) is 37.8 Å². The zero-order valence-electron chi connectivity index (χ0n) is 15.0. The summed E-state index contributed by atoms with van der Waals surface area (Å²) >= 11 is 0. The maximum Gasteiger partial charge on any atom is 0.122 e. The predicted molar refractivity (Wildman–Crippen MR) is 102 cm³/mol. The number of hydrogen-bond acceptors (Lipinski definition) is 3. The average Bonchev–Trinajstić information content (AvgIpc) is 2.60. The third kappa shape index (κ3) is 4.51. The maximum atomic E-state index is 5.60. The molecule has 0 aliphatic heterocycles. The van der Waals surface area contributed by atoms with Crippen molar-refractivity contribution >= 4 is 0 Å². The highest BCUT2D eigenvalue weighted by atomic mass is 16.5. The van der Waals surface area contributed by atoms with Crippen LogP contribution in [-0.4, -0.2) is 31.1 Å². The summed E-state index contributed by atoms with van der Waals surface area (Å²) in [5.41, 5.74) is 9.61. The van der Waals surface area contributed by atoms with Crippen molar-refractivity contribution in [2.24, 2.45) is 5.73 Å². The first-order valence-electron chi connectivity index (χ1n) is 8.82. The van der Waals surface area contributed by atoms with E-state index in [1.54, 1.807) is 13.3 Å². The van der Waals surface area contributed by atoms with Crippen LogP contribution in [0.3, 0.4) is 0 Å². The van der Waals surface area contributed by atoms with Crippen molar-refractivity contribution in [2.45, 2.75) is 38.6 Å². The van der Waals surface area contributed by atoms with Crippen LogP contribution in [0, 0.1) is 0 Å². The van der Waals surface area contributed by atoms with E-state index >= 15 is 0 Å². The maximum absolute atomic E-state index is 5.60. The van der Waals surface area contributed by atoms with Crippen LogP contribution in [0.2, 0.25) is 0 Å². The SMILES string of the molecule is C=C/C=C(\C=C/N)CN(CCC)[C@@H]1CCc2cccc(OC)c2C1. The third-order valence-corrected chi connectivity index (χ3v) is 4.69. The van der Waals surface area contributed by atoms with Crippen LogP contribution in [-0.2, 0) is 12.8 Å². The van der Waals surface area contributed by atoms with Crippen LogP contribution in [0.15, 0.2) is 54.8 Å². The lowest BCUT2D eigenvalue weighted by atomic mass is 9.86. The summed E-state index contributed by atoms with van der Waals surface area (Å²) in [5.74, 6) is 1.03. The number of allylic oxidation sites excluding steroid dienone is 2. The molecule has 0 amide bonds. The average molecular weight is 326 g/mol. The molecule has 3 nitrogen and oxygen atoms in total. The molecule has 0 unspecified atom stereocenters. The minimum atomic E-state index is 0.535. The Kier molecular flexibility index (Phi) is 7.13. The Hall–Kier alpha value is -2.00. The van der Waals surface area contributed by atoms with E-state index in [4.69, 9.17) is 10.5 Å². The van der Waals surface area contributed by atoms with Crippen LogP contribution in [0.1, 0.15) is 30.9 Å². The van der Waals surface area contributed by atoms with Crippen LogP contribution < -0.4 is 10.5 Å². The molecule has 0 aromatic heterocycles. The van der Waals surface area contributed by atoms with Gasteiger partial charge in [0.25, 0.3) is 0 Å². The zero-order chi connectivity index (χ0) is 17.4. The molecule has 0 saturated carbocycles. The summed E-state index contributed by atoms with van der Waals surface area (Å²) in [6.07, 6.45) is 12.0. The third-order valence-electron chi connectivity index (χ3n) is 4.69. The number of nitrogens with zero attached hydrogens (tertiary/aromatic N) is 1. The van der Waals surface area contributed by atoms with E-state index in [0.717, 1.165) is 38.1 Å². The van der Waals surface area contributed by atoms with Gasteiger partial charge in [0.05, 0.1) is 7.11 Å². The van der Waals surface area contributed by atoms with Gasteiger partial charge in [0.15, 0.2) is 0 Å². The molecule has 2 N–H and O–H groups in total. The van der Waals surface area contributed by atoms with Gasteiger partial charge in [-0.05, 0) is 67.3 Å². The lowest BCUT2D eigenvalue weighted by molar-refractivity contribution is 0.194. The number of nitrogens with two attached hydrogens (primary N) is 1. The molecule has 1 aliphatic rings. The van der Waals surface area contributed by atoms with Gasteiger partial charge in [-0.15, -0.1) is 0 Å². The Morgan fingerprint density at radius 2 is 2.29 bits per heavy atom. The first-order valence-corrected chi connectivity index (χ1v) is 8.82. The van der Waals surface area contributed by atoms with Crippen molar-refractivity contribution in [1.82, 2.24) is 4.90 Å². The van der Waals surface area contributed by atoms with Crippen molar-refractivity contribution in [3.8, 4) is 5.75 Å². The van der Waals surface area contributed by atoms with Crippen LogP contribution in [0.25, 0.3) is 0 Å². The quantitative estimate of drug-likeness (QED) is 0.738. The molecule has 0 saturated heterocycles. The lowest BCUT2D eigenvalue weighted by Crippen LogP contribution is -2.41. The van der Waals surface area contributed by atoms with Gasteiger partial charge in [-0.25, -0.2) is 0 Å². The Morgan fingerprint density at radius 1 is 1.46 bits per heavy atom. The van der Waals surface area contributed by atoms with Crippen molar-refractivity contribution in [2.75, 3.05) is 20.2 Å². The molecule has 24 heavy (non-hydrogen) atoms. The molecule has 3 heteroatoms. The highest BCUT2D eigenvalue weighted by Gasteiger charge is 2.26. The van der Waals surface area contributed by atoms with Gasteiger partial charge < -0.3 is 10.5 Å². The Balaban J connectivity index is 2.19. The largest absolute Gasteiger partial charge is 0.496 e. The minimum Gasteiger partial charge on any atom is -0.496 e. The number of fused-ring (bicyclic) bond motifs is 1. The van der Waals surface area contributed by atoms with Gasteiger partial charge in [-0.2, -0.15) is 0 Å². The summed E-state index contributed by atoms with van der Waals surface area (Å²) in [6, 6.07) is 6.94.